The molecule has 1 aromatic carbocycles. The fourth-order valence-electron chi connectivity index (χ4n) is 2.80. The van der Waals surface area contributed by atoms with Crippen LogP contribution in [0, 0.1) is 0 Å². The van der Waals surface area contributed by atoms with E-state index in [0.717, 1.165) is 22.2 Å². The van der Waals surface area contributed by atoms with Crippen molar-refractivity contribution in [3.05, 3.63) is 58.6 Å². The highest BCUT2D eigenvalue weighted by atomic mass is 32.1. The molecule has 5 nitrogen and oxygen atoms in total. The maximum atomic E-state index is 12.4. The number of esters is 1. The number of hydrogen-bond donors (Lipinski definition) is 1. The maximum absolute atomic E-state index is 12.4. The molecule has 2 aromatic heterocycles. The van der Waals surface area contributed by atoms with E-state index in [-0.39, 0.29) is 12.5 Å². The lowest BCUT2D eigenvalue weighted by molar-refractivity contribution is -0.121. The Morgan fingerprint density at radius 3 is 2.54 bits per heavy atom. The average Bonchev–Trinajstić information content (AvgIpc) is 3.23. The first-order valence-corrected chi connectivity index (χ1v) is 9.58. The molecule has 3 aromatic rings. The minimum absolute atomic E-state index is 0.0885. The van der Waals surface area contributed by atoms with Crippen LogP contribution < -0.4 is 5.32 Å². The van der Waals surface area contributed by atoms with E-state index in [4.69, 9.17) is 4.74 Å². The van der Waals surface area contributed by atoms with Crippen LogP contribution in [-0.2, 0) is 29.0 Å². The first-order chi connectivity index (χ1) is 12.6. The van der Waals surface area contributed by atoms with E-state index in [1.807, 2.05) is 23.6 Å². The number of ether oxygens (including phenoxy) is 1. The molecular formula is C20H22N2O3S. The second-order valence-electron chi connectivity index (χ2n) is 5.96. The van der Waals surface area contributed by atoms with Gasteiger partial charge in [-0.15, -0.1) is 11.3 Å². The summed E-state index contributed by atoms with van der Waals surface area (Å²) in [4.78, 5) is 25.5. The number of benzene rings is 1. The lowest BCUT2D eigenvalue weighted by Crippen LogP contribution is -2.28. The second kappa shape index (κ2) is 8.19. The fraction of sp³-hybridized carbons (Fsp3) is 0.300. The predicted octanol–water partition coefficient (Wildman–Crippen LogP) is 3.76. The summed E-state index contributed by atoms with van der Waals surface area (Å²) in [6, 6.07) is 11.9. The molecule has 2 heterocycles. The van der Waals surface area contributed by atoms with Crippen LogP contribution >= 0.6 is 11.3 Å². The molecule has 0 atom stereocenters. The summed E-state index contributed by atoms with van der Waals surface area (Å²) >= 11 is 1.51. The monoisotopic (exact) mass is 370 g/mol. The number of nitrogens with zero attached hydrogens (tertiary/aromatic N) is 1. The Kier molecular flexibility index (Phi) is 5.73. The SMILES string of the molecule is CCOC(=O)c1cc2ccsc2n1CC(=O)NCc1ccc(CC)cc1. The third kappa shape index (κ3) is 3.96. The third-order valence-electron chi connectivity index (χ3n) is 4.21. The second-order valence-corrected chi connectivity index (χ2v) is 6.86. The Labute approximate surface area is 156 Å². The number of thiophene rings is 1. The van der Waals surface area contributed by atoms with Crippen LogP contribution in [0.15, 0.2) is 41.8 Å². The van der Waals surface area contributed by atoms with Gasteiger partial charge in [0.05, 0.1) is 6.61 Å². The molecule has 0 spiro atoms. The summed E-state index contributed by atoms with van der Waals surface area (Å²) in [7, 11) is 0. The number of aryl methyl sites for hydroxylation is 1. The van der Waals surface area contributed by atoms with Crippen LogP contribution in [0.3, 0.4) is 0 Å². The zero-order valence-corrected chi connectivity index (χ0v) is 15.8. The van der Waals surface area contributed by atoms with Crippen molar-refractivity contribution in [3.63, 3.8) is 0 Å². The van der Waals surface area contributed by atoms with Crippen LogP contribution in [-0.4, -0.2) is 23.1 Å². The summed E-state index contributed by atoms with van der Waals surface area (Å²) < 4.78 is 6.84. The predicted molar refractivity (Wildman–Crippen MR) is 103 cm³/mol. The van der Waals surface area contributed by atoms with E-state index < -0.39 is 5.97 Å². The molecule has 1 N–H and O–H groups in total. The van der Waals surface area contributed by atoms with E-state index in [9.17, 15) is 9.59 Å². The number of hydrogen-bond acceptors (Lipinski definition) is 4. The van der Waals surface area contributed by atoms with Crippen molar-refractivity contribution < 1.29 is 14.3 Å². The Hall–Kier alpha value is -2.60. The largest absolute Gasteiger partial charge is 0.461 e. The van der Waals surface area contributed by atoms with Crippen LogP contribution in [0.1, 0.15) is 35.5 Å². The zero-order valence-electron chi connectivity index (χ0n) is 15.0. The number of aromatic nitrogens is 1. The molecule has 6 heteroatoms. The van der Waals surface area contributed by atoms with Gasteiger partial charge in [0.15, 0.2) is 0 Å². The van der Waals surface area contributed by atoms with E-state index in [0.29, 0.717) is 18.8 Å². The number of nitrogens with one attached hydrogen (secondary N) is 1. The van der Waals surface area contributed by atoms with Crippen LogP contribution in [0.5, 0.6) is 0 Å². The Morgan fingerprint density at radius 2 is 1.85 bits per heavy atom. The minimum atomic E-state index is -0.404. The highest BCUT2D eigenvalue weighted by molar-refractivity contribution is 7.16. The topological polar surface area (TPSA) is 60.3 Å². The molecule has 0 aliphatic heterocycles. The van der Waals surface area contributed by atoms with Crippen molar-refractivity contribution in [1.82, 2.24) is 9.88 Å². The maximum Gasteiger partial charge on any atom is 0.355 e. The molecule has 136 valence electrons. The molecule has 0 aliphatic carbocycles. The number of fused-ring (bicyclic) bond motifs is 1. The molecule has 26 heavy (non-hydrogen) atoms. The molecule has 0 fully saturated rings. The molecule has 0 saturated heterocycles. The van der Waals surface area contributed by atoms with Gasteiger partial charge in [0, 0.05) is 11.9 Å². The minimum Gasteiger partial charge on any atom is -0.461 e. The number of amides is 1. The lowest BCUT2D eigenvalue weighted by Gasteiger charge is -2.10. The van der Waals surface area contributed by atoms with Crippen molar-refractivity contribution in [2.75, 3.05) is 6.61 Å². The Bertz CT molecular complexity index is 909. The van der Waals surface area contributed by atoms with Crippen LogP contribution in [0.25, 0.3) is 10.2 Å². The average molecular weight is 370 g/mol. The molecule has 3 rings (SSSR count). The van der Waals surface area contributed by atoms with Gasteiger partial charge < -0.3 is 14.6 Å². The van der Waals surface area contributed by atoms with E-state index in [1.165, 1.54) is 16.9 Å². The van der Waals surface area contributed by atoms with Gasteiger partial charge in [-0.1, -0.05) is 31.2 Å². The highest BCUT2D eigenvalue weighted by Crippen LogP contribution is 2.25. The van der Waals surface area contributed by atoms with Gasteiger partial charge >= 0.3 is 5.97 Å². The number of carbonyl (C=O) groups is 2. The molecular weight excluding hydrogens is 348 g/mol. The van der Waals surface area contributed by atoms with Gasteiger partial charge in [-0.3, -0.25) is 4.79 Å². The number of carbonyl (C=O) groups excluding carboxylic acids is 2. The van der Waals surface area contributed by atoms with E-state index in [1.54, 1.807) is 17.6 Å². The van der Waals surface area contributed by atoms with Gasteiger partial charge in [-0.25, -0.2) is 4.79 Å². The summed E-state index contributed by atoms with van der Waals surface area (Å²) in [5, 5.41) is 5.82. The van der Waals surface area contributed by atoms with E-state index >= 15 is 0 Å². The molecule has 0 saturated carbocycles. The molecule has 0 radical (unpaired) electrons. The molecule has 1 amide bonds. The molecule has 0 unspecified atom stereocenters. The summed E-state index contributed by atoms with van der Waals surface area (Å²) in [6.07, 6.45) is 0.994. The van der Waals surface area contributed by atoms with Gasteiger partial charge in [0.25, 0.3) is 0 Å². The third-order valence-corrected chi connectivity index (χ3v) is 5.16. The quantitative estimate of drug-likeness (QED) is 0.644. The standard InChI is InChI=1S/C20H22N2O3S/c1-3-14-5-7-15(8-6-14)12-21-18(23)13-22-17(20(24)25-4-2)11-16-9-10-26-19(16)22/h5-11H,3-4,12-13H2,1-2H3,(H,21,23). The van der Waals surface area contributed by atoms with Gasteiger partial charge in [0.2, 0.25) is 5.91 Å². The van der Waals surface area contributed by atoms with Crippen molar-refractivity contribution in [2.24, 2.45) is 0 Å². The van der Waals surface area contributed by atoms with E-state index in [2.05, 4.69) is 24.4 Å². The Morgan fingerprint density at radius 1 is 1.12 bits per heavy atom. The normalized spacial score (nSPS) is 10.8. The van der Waals surface area contributed by atoms with Gasteiger partial charge in [-0.05, 0) is 42.0 Å². The first kappa shape index (κ1) is 18.2. The van der Waals surface area contributed by atoms with Crippen molar-refractivity contribution in [3.8, 4) is 0 Å². The van der Waals surface area contributed by atoms with Crippen LogP contribution in [0.2, 0.25) is 0 Å². The van der Waals surface area contributed by atoms with Gasteiger partial charge in [0.1, 0.15) is 17.1 Å². The molecule has 0 aliphatic rings. The highest BCUT2D eigenvalue weighted by Gasteiger charge is 2.19. The number of rotatable bonds is 7. The summed E-state index contributed by atoms with van der Waals surface area (Å²) in [5.74, 6) is -0.542. The molecule has 0 bridgehead atoms. The fourth-order valence-corrected chi connectivity index (χ4v) is 3.70. The zero-order chi connectivity index (χ0) is 18.5. The lowest BCUT2D eigenvalue weighted by atomic mass is 10.1. The van der Waals surface area contributed by atoms with Gasteiger partial charge in [-0.2, -0.15) is 0 Å². The summed E-state index contributed by atoms with van der Waals surface area (Å²) in [5.41, 5.74) is 2.73. The van der Waals surface area contributed by atoms with Crippen LogP contribution in [0.4, 0.5) is 0 Å². The van der Waals surface area contributed by atoms with Crippen molar-refractivity contribution in [2.45, 2.75) is 33.4 Å². The first-order valence-electron chi connectivity index (χ1n) is 8.70. The van der Waals surface area contributed by atoms with Crippen molar-refractivity contribution in [1.29, 1.82) is 0 Å². The Balaban J connectivity index is 1.70. The summed E-state index contributed by atoms with van der Waals surface area (Å²) in [6.45, 7) is 4.74. The van der Waals surface area contributed by atoms with Crippen molar-refractivity contribution >= 4 is 33.4 Å². The smallest absolute Gasteiger partial charge is 0.355 e.